The summed E-state index contributed by atoms with van der Waals surface area (Å²) in [7, 11) is 0. The summed E-state index contributed by atoms with van der Waals surface area (Å²) in [6.45, 7) is 5.18. The molecule has 28 heavy (non-hydrogen) atoms. The van der Waals surface area contributed by atoms with Crippen molar-refractivity contribution in [1.82, 2.24) is 0 Å². The Bertz CT molecular complexity index is 841. The van der Waals surface area contributed by atoms with E-state index in [1.54, 1.807) is 24.3 Å². The molecule has 148 valence electrons. The smallest absolute Gasteiger partial charge is 0.339 e. The maximum atomic E-state index is 12.4. The zero-order valence-electron chi connectivity index (χ0n) is 16.4. The summed E-state index contributed by atoms with van der Waals surface area (Å²) in [4.78, 5) is 36.6. The maximum absolute atomic E-state index is 12.4. The first-order valence-electron chi connectivity index (χ1n) is 9.25. The summed E-state index contributed by atoms with van der Waals surface area (Å²) in [5, 5.41) is 2.88. The minimum absolute atomic E-state index is 0.0221. The van der Waals surface area contributed by atoms with E-state index in [0.717, 1.165) is 29.7 Å². The summed E-state index contributed by atoms with van der Waals surface area (Å²) in [6, 6.07) is 12.8. The minimum atomic E-state index is -0.582. The first-order chi connectivity index (χ1) is 13.5. The number of rotatable bonds is 9. The first kappa shape index (κ1) is 21.7. The number of ketones is 1. The van der Waals surface area contributed by atoms with Gasteiger partial charge in [-0.25, -0.2) is 4.79 Å². The lowest BCUT2D eigenvalue weighted by Gasteiger charge is -2.14. The average Bonchev–Trinajstić information content (AvgIpc) is 2.70. The van der Waals surface area contributed by atoms with E-state index in [2.05, 4.69) is 5.32 Å². The summed E-state index contributed by atoms with van der Waals surface area (Å²) < 4.78 is 5.21. The highest BCUT2D eigenvalue weighted by atomic mass is 32.2. The van der Waals surface area contributed by atoms with Crippen LogP contribution in [-0.2, 0) is 27.2 Å². The number of carbonyl (C=O) groups excluding carboxylic acids is 3. The summed E-state index contributed by atoms with van der Waals surface area (Å²) >= 11 is 1.28. The Hall–Kier alpha value is -2.60. The molecule has 0 heterocycles. The van der Waals surface area contributed by atoms with Crippen molar-refractivity contribution >= 4 is 35.1 Å². The molecule has 0 radical (unpaired) electrons. The molecule has 0 fully saturated rings. The third-order valence-electron chi connectivity index (χ3n) is 4.14. The van der Waals surface area contributed by atoms with Crippen molar-refractivity contribution in [3.05, 3.63) is 59.2 Å². The number of carbonyl (C=O) groups is 3. The van der Waals surface area contributed by atoms with Crippen LogP contribution in [-0.4, -0.2) is 30.0 Å². The van der Waals surface area contributed by atoms with Crippen molar-refractivity contribution < 1.29 is 19.1 Å². The first-order valence-corrected chi connectivity index (χ1v) is 10.2. The molecule has 0 aromatic heterocycles. The number of Topliss-reactive ketones (excluding diaryl/α,β-unsaturated/α-hetero) is 1. The Morgan fingerprint density at radius 1 is 0.964 bits per heavy atom. The second kappa shape index (κ2) is 10.7. The number of anilines is 1. The summed E-state index contributed by atoms with van der Waals surface area (Å²) in [5.41, 5.74) is 3.24. The van der Waals surface area contributed by atoms with Gasteiger partial charge in [-0.15, -0.1) is 11.8 Å². The number of aryl methyl sites for hydroxylation is 2. The van der Waals surface area contributed by atoms with Gasteiger partial charge in [0.2, 0.25) is 0 Å². The van der Waals surface area contributed by atoms with Crippen molar-refractivity contribution in [2.24, 2.45) is 0 Å². The normalized spacial score (nSPS) is 10.4. The second-order valence-electron chi connectivity index (χ2n) is 6.27. The Morgan fingerprint density at radius 3 is 2.21 bits per heavy atom. The van der Waals surface area contributed by atoms with Crippen molar-refractivity contribution in [1.29, 1.82) is 0 Å². The number of thioether (sulfide) groups is 1. The molecule has 0 unspecified atom stereocenters. The fourth-order valence-corrected chi connectivity index (χ4v) is 3.57. The zero-order valence-corrected chi connectivity index (χ0v) is 17.2. The SMILES string of the molecule is CCc1cccc(CC)c1NC(=O)COC(=O)c1ccccc1SCC(C)=O. The molecular weight excluding hydrogens is 374 g/mol. The molecule has 0 bridgehead atoms. The van der Waals surface area contributed by atoms with Crippen LogP contribution in [0.5, 0.6) is 0 Å². The Labute approximate surface area is 169 Å². The van der Waals surface area contributed by atoms with E-state index in [9.17, 15) is 14.4 Å². The van der Waals surface area contributed by atoms with Gasteiger partial charge in [0.25, 0.3) is 5.91 Å². The standard InChI is InChI=1S/C22H25NO4S/c1-4-16-9-8-10-17(5-2)21(16)23-20(25)13-27-22(26)18-11-6-7-12-19(18)28-14-15(3)24/h6-12H,4-5,13-14H2,1-3H3,(H,23,25). The average molecular weight is 400 g/mol. The summed E-state index contributed by atoms with van der Waals surface area (Å²) in [5.74, 6) is -0.661. The minimum Gasteiger partial charge on any atom is -0.452 e. The molecule has 6 heteroatoms. The van der Waals surface area contributed by atoms with Crippen LogP contribution in [0.1, 0.15) is 42.3 Å². The van der Waals surface area contributed by atoms with E-state index in [1.165, 1.54) is 18.7 Å². The van der Waals surface area contributed by atoms with Crippen LogP contribution in [0.3, 0.4) is 0 Å². The zero-order chi connectivity index (χ0) is 20.5. The monoisotopic (exact) mass is 399 g/mol. The molecule has 0 saturated heterocycles. The summed E-state index contributed by atoms with van der Waals surface area (Å²) in [6.07, 6.45) is 1.59. The van der Waals surface area contributed by atoms with E-state index in [-0.39, 0.29) is 24.1 Å². The molecule has 1 amide bonds. The predicted octanol–water partition coefficient (Wildman–Crippen LogP) is 4.29. The number of para-hydroxylation sites is 1. The molecule has 0 spiro atoms. The van der Waals surface area contributed by atoms with Crippen molar-refractivity contribution in [3.63, 3.8) is 0 Å². The number of ether oxygens (including phenoxy) is 1. The van der Waals surface area contributed by atoms with Crippen LogP contribution in [0, 0.1) is 0 Å². The number of hydrogen-bond acceptors (Lipinski definition) is 5. The Kier molecular flexibility index (Phi) is 8.26. The van der Waals surface area contributed by atoms with Gasteiger partial charge < -0.3 is 10.1 Å². The van der Waals surface area contributed by atoms with Gasteiger partial charge in [0, 0.05) is 10.6 Å². The van der Waals surface area contributed by atoms with Gasteiger partial charge in [-0.1, -0.05) is 44.2 Å². The third-order valence-corrected chi connectivity index (χ3v) is 5.35. The number of esters is 1. The van der Waals surface area contributed by atoms with Gasteiger partial charge in [0.1, 0.15) is 5.78 Å². The highest BCUT2D eigenvalue weighted by Gasteiger charge is 2.16. The predicted molar refractivity (Wildman–Crippen MR) is 112 cm³/mol. The van der Waals surface area contributed by atoms with E-state index in [4.69, 9.17) is 4.74 Å². The van der Waals surface area contributed by atoms with E-state index in [0.29, 0.717) is 10.5 Å². The second-order valence-corrected chi connectivity index (χ2v) is 7.29. The topological polar surface area (TPSA) is 72.5 Å². The lowest BCUT2D eigenvalue weighted by Crippen LogP contribution is -2.22. The van der Waals surface area contributed by atoms with Gasteiger partial charge in [-0.05, 0) is 43.0 Å². The van der Waals surface area contributed by atoms with Gasteiger partial charge in [0.05, 0.1) is 11.3 Å². The maximum Gasteiger partial charge on any atom is 0.339 e. The lowest BCUT2D eigenvalue weighted by atomic mass is 10.0. The van der Waals surface area contributed by atoms with Crippen molar-refractivity contribution in [3.8, 4) is 0 Å². The molecule has 2 aromatic rings. The quantitative estimate of drug-likeness (QED) is 0.503. The van der Waals surface area contributed by atoms with E-state index < -0.39 is 5.97 Å². The Balaban J connectivity index is 2.02. The molecule has 0 aliphatic heterocycles. The fraction of sp³-hybridized carbons (Fsp3) is 0.318. The van der Waals surface area contributed by atoms with Crippen molar-refractivity contribution in [2.45, 2.75) is 38.5 Å². The lowest BCUT2D eigenvalue weighted by molar-refractivity contribution is -0.119. The Morgan fingerprint density at radius 2 is 1.61 bits per heavy atom. The molecule has 0 aliphatic rings. The highest BCUT2D eigenvalue weighted by molar-refractivity contribution is 8.00. The fourth-order valence-electron chi connectivity index (χ4n) is 2.73. The molecule has 1 N–H and O–H groups in total. The van der Waals surface area contributed by atoms with Crippen LogP contribution in [0.15, 0.2) is 47.4 Å². The van der Waals surface area contributed by atoms with Crippen LogP contribution in [0.2, 0.25) is 0 Å². The molecule has 2 aromatic carbocycles. The van der Waals surface area contributed by atoms with E-state index >= 15 is 0 Å². The highest BCUT2D eigenvalue weighted by Crippen LogP contribution is 2.24. The van der Waals surface area contributed by atoms with Gasteiger partial charge in [-0.3, -0.25) is 9.59 Å². The third kappa shape index (κ3) is 5.96. The van der Waals surface area contributed by atoms with Crippen LogP contribution in [0.4, 0.5) is 5.69 Å². The molecule has 0 saturated carbocycles. The number of hydrogen-bond donors (Lipinski definition) is 1. The largest absolute Gasteiger partial charge is 0.452 e. The number of nitrogens with one attached hydrogen (secondary N) is 1. The number of benzene rings is 2. The molecule has 2 rings (SSSR count). The van der Waals surface area contributed by atoms with E-state index in [1.807, 2.05) is 32.0 Å². The van der Waals surface area contributed by atoms with Crippen LogP contribution >= 0.6 is 11.8 Å². The van der Waals surface area contributed by atoms with Crippen molar-refractivity contribution in [2.75, 3.05) is 17.7 Å². The molecule has 0 atom stereocenters. The molecular formula is C22H25NO4S. The van der Waals surface area contributed by atoms with Crippen LogP contribution < -0.4 is 5.32 Å². The van der Waals surface area contributed by atoms with Crippen LogP contribution in [0.25, 0.3) is 0 Å². The van der Waals surface area contributed by atoms with Gasteiger partial charge >= 0.3 is 5.97 Å². The van der Waals surface area contributed by atoms with Gasteiger partial charge in [-0.2, -0.15) is 0 Å². The number of amides is 1. The molecule has 0 aliphatic carbocycles. The van der Waals surface area contributed by atoms with Gasteiger partial charge in [0.15, 0.2) is 6.61 Å². The molecule has 5 nitrogen and oxygen atoms in total.